The highest BCUT2D eigenvalue weighted by Crippen LogP contribution is 2.53. The van der Waals surface area contributed by atoms with Crippen molar-refractivity contribution < 1.29 is 21.9 Å². The summed E-state index contributed by atoms with van der Waals surface area (Å²) in [5, 5.41) is 3.17. The van der Waals surface area contributed by atoms with E-state index in [1.807, 2.05) is 66.7 Å². The maximum absolute atomic E-state index is 9.88. The topological polar surface area (TPSA) is 32.1 Å². The number of anilines is 5. The van der Waals surface area contributed by atoms with Crippen LogP contribution in [0.15, 0.2) is 303 Å². The van der Waals surface area contributed by atoms with Crippen LogP contribution in [0.5, 0.6) is 0 Å². The zero-order valence-electron chi connectivity index (χ0n) is 67.2. The maximum atomic E-state index is 9.88. The highest BCUT2D eigenvalue weighted by molar-refractivity contribution is 7.00. The van der Waals surface area contributed by atoms with Crippen molar-refractivity contribution in [3.8, 4) is 55.9 Å². The van der Waals surface area contributed by atoms with E-state index in [4.69, 9.17) is 5.48 Å². The first-order valence-corrected chi connectivity index (χ1v) is 31.8. The van der Waals surface area contributed by atoms with Crippen LogP contribution in [-0.4, -0.2) is 26.9 Å². The average molecular weight is 1220 g/mol. The smallest absolute Gasteiger partial charge is 0.252 e. The molecule has 2 unspecified atom stereocenters. The zero-order valence-corrected chi connectivity index (χ0v) is 51.2. The first kappa shape index (κ1) is 39.6. The quantitative estimate of drug-likeness (QED) is 0.161. The maximum Gasteiger partial charge on any atom is 0.252 e. The normalized spacial score (nSPS) is 18.1. The number of H-pyrrole nitrogens is 1. The van der Waals surface area contributed by atoms with Crippen molar-refractivity contribution in [3.63, 3.8) is 0 Å². The van der Waals surface area contributed by atoms with Gasteiger partial charge in [-0.3, -0.25) is 0 Å². The third-order valence-corrected chi connectivity index (χ3v) is 20.0. The van der Waals surface area contributed by atoms with E-state index in [0.29, 0.717) is 22.7 Å². The van der Waals surface area contributed by atoms with Crippen molar-refractivity contribution in [2.24, 2.45) is 0 Å². The highest BCUT2D eigenvalue weighted by Gasteiger charge is 2.46. The SMILES string of the molecule is [2H]C1=C([2H])C2c3c([2H])c([2H])c([2H])c([2H])c3N(c3cc4c5c(c3)c3cc(C(C)(C)C)ccc3n5-c3cc5[nH]c6c(-c7ccccc7-c7ccccc7-c7ccccc7)cccc6c5c5c3B4c3ccc(-n4c6c([2H])c([2H])c([2H])c([2H])c6c6c([2H])c([2H])c([2H])c([2H])c64)cc3N5c3ccc(-c4ccccc4)cc3)C2C([2H])=C1[2H]. The Labute approximate surface area is 568 Å². The number of rotatable bonds is 7. The van der Waals surface area contributed by atoms with Gasteiger partial charge in [0.15, 0.2) is 0 Å². The van der Waals surface area contributed by atoms with Crippen LogP contribution in [0.3, 0.4) is 0 Å². The van der Waals surface area contributed by atoms with Crippen LogP contribution in [0.1, 0.15) is 59.7 Å². The summed E-state index contributed by atoms with van der Waals surface area (Å²) in [4.78, 5) is 8.04. The van der Waals surface area contributed by atoms with Gasteiger partial charge in [0.2, 0.25) is 0 Å². The van der Waals surface area contributed by atoms with Crippen molar-refractivity contribution >= 4 is 117 Å². The molecule has 1 aliphatic carbocycles. The van der Waals surface area contributed by atoms with Crippen LogP contribution in [0.4, 0.5) is 28.4 Å². The number of para-hydroxylation sites is 4. The van der Waals surface area contributed by atoms with Gasteiger partial charge in [-0.15, -0.1) is 0 Å². The van der Waals surface area contributed by atoms with Gasteiger partial charge in [0.25, 0.3) is 6.71 Å². The van der Waals surface area contributed by atoms with Crippen molar-refractivity contribution in [1.29, 1.82) is 0 Å². The standard InChI is InChI=1S/C88H62BN5/c1-88(2,3)57-43-48-80-71(49-57)72-50-60(92-78-39-20-16-33-67(78)68-34-17-21-40-79(68)92)51-74-86(72)94(80)82-53-75-83(70-36-22-35-69(85(70)90-75)64-30-13-12-29-63(64)62-28-11-10-27-61(62)56-25-8-5-9-26-56)87-84(82)89(74)73-47-46-59(91-76-37-18-14-31-65(76)66-32-15-19-38-77(66)91)52-81(73)93(87)58-44-41-55(42-45-58)54-23-6-4-7-24-54/h4-53,67,78,90H,1-3H3/i14D,15D,16D,17D,18D,19D,20D,21D,31D,32D,33D,34D,37D,38D,39D,40D. The summed E-state index contributed by atoms with van der Waals surface area (Å²) < 4.78 is 154. The Morgan fingerprint density at radius 2 is 1.07 bits per heavy atom. The minimum absolute atomic E-state index is 0.0351. The number of nitrogens with one attached hydrogen (secondary N) is 1. The Balaban J connectivity index is 0.958. The van der Waals surface area contributed by atoms with Gasteiger partial charge in [0.05, 0.1) is 61.2 Å². The molecule has 20 rings (SSSR count). The highest BCUT2D eigenvalue weighted by atomic mass is 15.2. The summed E-state index contributed by atoms with van der Waals surface area (Å²) in [5.74, 6) is -1.24. The van der Waals surface area contributed by atoms with Crippen LogP contribution in [-0.2, 0) is 5.41 Å². The minimum Gasteiger partial charge on any atom is -0.354 e. The van der Waals surface area contributed by atoms with Gasteiger partial charge in [-0.05, 0) is 145 Å². The number of benzene rings is 13. The van der Waals surface area contributed by atoms with Crippen molar-refractivity contribution in [3.05, 3.63) is 314 Å². The Morgan fingerprint density at radius 3 is 1.83 bits per heavy atom. The number of fused-ring (bicyclic) bond motifs is 17. The molecule has 442 valence electrons. The third kappa shape index (κ3) is 7.59. The number of aromatic amines is 1. The molecule has 0 radical (unpaired) electrons. The lowest BCUT2D eigenvalue weighted by Gasteiger charge is -2.41. The summed E-state index contributed by atoms with van der Waals surface area (Å²) in [7, 11) is 0. The van der Waals surface area contributed by atoms with Gasteiger partial charge < -0.3 is 23.9 Å². The molecule has 3 aromatic heterocycles. The number of aromatic nitrogens is 3. The van der Waals surface area contributed by atoms with E-state index < -0.39 is 103 Å². The Kier molecular flexibility index (Phi) is 8.41. The molecule has 13 aromatic carbocycles. The van der Waals surface area contributed by atoms with Gasteiger partial charge in [0, 0.05) is 83.4 Å². The van der Waals surface area contributed by atoms with Crippen LogP contribution in [0.25, 0.3) is 121 Å². The molecule has 0 fully saturated rings. The number of hydrogen-bond donors (Lipinski definition) is 1. The van der Waals surface area contributed by atoms with E-state index in [-0.39, 0.29) is 50.6 Å². The van der Waals surface area contributed by atoms with E-state index in [9.17, 15) is 16.4 Å². The molecule has 0 spiro atoms. The molecule has 2 atom stereocenters. The lowest BCUT2D eigenvalue weighted by molar-refractivity contribution is 0.591. The van der Waals surface area contributed by atoms with E-state index in [1.165, 1.54) is 0 Å². The molecule has 16 aromatic rings. The van der Waals surface area contributed by atoms with E-state index in [1.54, 1.807) is 9.47 Å². The lowest BCUT2D eigenvalue weighted by atomic mass is 9.33. The molecule has 0 saturated heterocycles. The summed E-state index contributed by atoms with van der Waals surface area (Å²) in [6, 6.07) is 61.8. The van der Waals surface area contributed by atoms with Gasteiger partial charge in [-0.25, -0.2) is 0 Å². The first-order chi connectivity index (χ1) is 52.9. The van der Waals surface area contributed by atoms with Crippen LogP contribution in [0.2, 0.25) is 0 Å². The van der Waals surface area contributed by atoms with Gasteiger partial charge >= 0.3 is 0 Å². The molecule has 4 aliphatic rings. The van der Waals surface area contributed by atoms with Crippen LogP contribution in [0, 0.1) is 0 Å². The average Bonchev–Trinajstić information content (AvgIpc) is 1.42. The zero-order chi connectivity index (χ0) is 76.0. The molecule has 3 aliphatic heterocycles. The number of hydrogen-bond acceptors (Lipinski definition) is 2. The Bertz CT molecular complexity index is 6860. The monoisotopic (exact) mass is 1220 g/mol. The van der Waals surface area contributed by atoms with Crippen molar-refractivity contribution in [1.82, 2.24) is 14.1 Å². The molecule has 1 N–H and O–H groups in total. The van der Waals surface area contributed by atoms with Gasteiger partial charge in [0.1, 0.15) is 0 Å². The van der Waals surface area contributed by atoms with E-state index >= 15 is 0 Å². The van der Waals surface area contributed by atoms with E-state index in [2.05, 4.69) is 175 Å². The first-order valence-electron chi connectivity index (χ1n) is 39.8. The molecule has 5 nitrogen and oxygen atoms in total. The number of nitrogens with zero attached hydrogens (tertiary/aromatic N) is 4. The second-order valence-corrected chi connectivity index (χ2v) is 25.9. The molecular formula is C88H62BN5. The second-order valence-electron chi connectivity index (χ2n) is 25.9. The van der Waals surface area contributed by atoms with Gasteiger partial charge in [-0.2, -0.15) is 0 Å². The largest absolute Gasteiger partial charge is 0.354 e. The third-order valence-electron chi connectivity index (χ3n) is 20.0. The second kappa shape index (κ2) is 20.0. The summed E-state index contributed by atoms with van der Waals surface area (Å²) in [6.45, 7) is 5.70. The fourth-order valence-corrected chi connectivity index (χ4v) is 15.9. The van der Waals surface area contributed by atoms with Crippen molar-refractivity contribution in [2.75, 3.05) is 9.80 Å². The molecular weight excluding hydrogens is 1140 g/mol. The molecule has 94 heavy (non-hydrogen) atoms. The lowest BCUT2D eigenvalue weighted by Crippen LogP contribution is -2.60. The predicted octanol–water partition coefficient (Wildman–Crippen LogP) is 20.8. The van der Waals surface area contributed by atoms with Crippen LogP contribution < -0.4 is 26.2 Å². The van der Waals surface area contributed by atoms with Gasteiger partial charge in [-0.1, -0.05) is 251 Å². The predicted molar refractivity (Wildman–Crippen MR) is 398 cm³/mol. The van der Waals surface area contributed by atoms with E-state index in [0.717, 1.165) is 121 Å². The molecule has 6 heteroatoms. The summed E-state index contributed by atoms with van der Waals surface area (Å²) in [5.41, 5.74) is 17.9. The fourth-order valence-electron chi connectivity index (χ4n) is 15.9. The Morgan fingerprint density at radius 1 is 0.436 bits per heavy atom. The fraction of sp³-hybridized carbons (Fsp3) is 0.0682. The van der Waals surface area contributed by atoms with Crippen LogP contribution >= 0.6 is 0 Å². The van der Waals surface area contributed by atoms with Crippen molar-refractivity contribution in [2.45, 2.75) is 38.1 Å². The molecule has 0 bridgehead atoms. The molecule has 0 amide bonds. The minimum atomic E-state index is -1.26. The summed E-state index contributed by atoms with van der Waals surface area (Å²) in [6.07, 6.45) is 0. The molecule has 0 saturated carbocycles. The summed E-state index contributed by atoms with van der Waals surface area (Å²) >= 11 is 0. The Hall–Kier alpha value is -11.6. The number of allylic oxidation sites excluding steroid dienone is 2. The molecule has 6 heterocycles.